The molecule has 26 heavy (non-hydrogen) atoms. The van der Waals surface area contributed by atoms with Gasteiger partial charge in [-0.05, 0) is 31.9 Å². The molecule has 0 spiro atoms. The third-order valence-corrected chi connectivity index (χ3v) is 4.39. The van der Waals surface area contributed by atoms with E-state index in [2.05, 4.69) is 5.32 Å². The number of nitrogens with two attached hydrogens (primary N) is 1. The number of rotatable bonds is 5. The lowest BCUT2D eigenvalue weighted by Gasteiger charge is -2.37. The summed E-state index contributed by atoms with van der Waals surface area (Å²) in [4.78, 5) is 12.5. The first-order chi connectivity index (χ1) is 11.6. The average molecular weight is 397 g/mol. The minimum Gasteiger partial charge on any atom is -0.493 e. The number of hydrogen-bond acceptors (Lipinski definition) is 4. The molecule has 2 unspecified atom stereocenters. The van der Waals surface area contributed by atoms with E-state index >= 15 is 0 Å². The summed E-state index contributed by atoms with van der Waals surface area (Å²) in [5, 5.41) is 2.72. The highest BCUT2D eigenvalue weighted by molar-refractivity contribution is 5.93. The van der Waals surface area contributed by atoms with E-state index in [9.17, 15) is 18.0 Å². The maximum Gasteiger partial charge on any atom is 0.422 e. The molecule has 2 rings (SSSR count). The van der Waals surface area contributed by atoms with Crippen molar-refractivity contribution in [3.8, 4) is 11.5 Å². The van der Waals surface area contributed by atoms with Gasteiger partial charge in [-0.3, -0.25) is 4.79 Å². The fourth-order valence-corrected chi connectivity index (χ4v) is 3.05. The maximum absolute atomic E-state index is 12.5. The van der Waals surface area contributed by atoms with Crippen LogP contribution in [-0.4, -0.2) is 31.3 Å². The van der Waals surface area contributed by atoms with Crippen LogP contribution in [0.4, 0.5) is 18.9 Å². The number of benzene rings is 1. The van der Waals surface area contributed by atoms with Gasteiger partial charge in [0.05, 0.1) is 13.0 Å². The Kier molecular flexibility index (Phi) is 7.58. The summed E-state index contributed by atoms with van der Waals surface area (Å²) in [6.45, 7) is 0.409. The largest absolute Gasteiger partial charge is 0.493 e. The van der Waals surface area contributed by atoms with Crippen LogP contribution in [-0.2, 0) is 4.79 Å². The van der Waals surface area contributed by atoms with Crippen molar-refractivity contribution in [2.75, 3.05) is 19.0 Å². The molecule has 9 heteroatoms. The number of alkyl halides is 3. The predicted octanol–water partition coefficient (Wildman–Crippen LogP) is 3.90. The highest BCUT2D eigenvalue weighted by atomic mass is 35.5. The smallest absolute Gasteiger partial charge is 0.422 e. The molecule has 0 radical (unpaired) electrons. The van der Waals surface area contributed by atoms with E-state index in [4.69, 9.17) is 15.2 Å². The second kappa shape index (κ2) is 8.81. The van der Waals surface area contributed by atoms with Crippen molar-refractivity contribution in [2.24, 2.45) is 11.7 Å². The summed E-state index contributed by atoms with van der Waals surface area (Å²) in [5.74, 6) is -0.514. The van der Waals surface area contributed by atoms with Crippen LogP contribution in [0.1, 0.15) is 32.6 Å². The molecular weight excluding hydrogens is 373 g/mol. The molecule has 2 atom stereocenters. The number of ether oxygens (including phenoxy) is 2. The quantitative estimate of drug-likeness (QED) is 0.791. The molecule has 1 saturated carbocycles. The zero-order valence-corrected chi connectivity index (χ0v) is 15.5. The third kappa shape index (κ3) is 5.95. The summed E-state index contributed by atoms with van der Waals surface area (Å²) in [7, 11) is 1.33. The summed E-state index contributed by atoms with van der Waals surface area (Å²) < 4.78 is 46.9. The Labute approximate surface area is 156 Å². The zero-order valence-electron chi connectivity index (χ0n) is 14.7. The van der Waals surface area contributed by atoms with Gasteiger partial charge in [-0.2, -0.15) is 13.2 Å². The Morgan fingerprint density at radius 3 is 2.62 bits per heavy atom. The predicted molar refractivity (Wildman–Crippen MR) is 95.0 cm³/mol. The van der Waals surface area contributed by atoms with Gasteiger partial charge in [-0.1, -0.05) is 12.8 Å². The van der Waals surface area contributed by atoms with E-state index in [0.29, 0.717) is 12.1 Å². The first kappa shape index (κ1) is 22.4. The van der Waals surface area contributed by atoms with Crippen LogP contribution in [0.5, 0.6) is 11.5 Å². The van der Waals surface area contributed by atoms with Crippen LogP contribution in [0, 0.1) is 5.92 Å². The molecule has 1 aromatic rings. The molecule has 0 heterocycles. The van der Waals surface area contributed by atoms with Gasteiger partial charge < -0.3 is 20.5 Å². The lowest BCUT2D eigenvalue weighted by atomic mass is 9.74. The van der Waals surface area contributed by atoms with Crippen LogP contribution in [0.3, 0.4) is 0 Å². The Hall–Kier alpha value is -1.67. The second-order valence-corrected chi connectivity index (χ2v) is 6.56. The van der Waals surface area contributed by atoms with E-state index in [-0.39, 0.29) is 35.7 Å². The van der Waals surface area contributed by atoms with Gasteiger partial charge in [0.1, 0.15) is 0 Å². The molecule has 0 aromatic heterocycles. The first-order valence-electron chi connectivity index (χ1n) is 8.10. The molecule has 0 aliphatic heterocycles. The van der Waals surface area contributed by atoms with E-state index in [0.717, 1.165) is 19.3 Å². The fourth-order valence-electron chi connectivity index (χ4n) is 3.05. The van der Waals surface area contributed by atoms with Crippen LogP contribution in [0.25, 0.3) is 0 Å². The number of amides is 1. The normalized spacial score (nSPS) is 22.9. The topological polar surface area (TPSA) is 73.6 Å². The van der Waals surface area contributed by atoms with Gasteiger partial charge in [0.25, 0.3) is 0 Å². The minimum absolute atomic E-state index is 0. The number of halogens is 4. The highest BCUT2D eigenvalue weighted by Crippen LogP contribution is 2.34. The van der Waals surface area contributed by atoms with Crippen LogP contribution in [0.15, 0.2) is 18.2 Å². The standard InChI is InChI=1S/C17H23F3N2O3.ClH/c1-16(21)8-4-3-5-12(16)15(23)22-11-6-7-13(24-2)14(9-11)25-10-17(18,19)20;/h6-7,9,12H,3-5,8,10,21H2,1-2H3,(H,22,23);1H. The average Bonchev–Trinajstić information content (AvgIpc) is 2.51. The van der Waals surface area contributed by atoms with E-state index in [1.165, 1.54) is 19.2 Å². The van der Waals surface area contributed by atoms with Crippen molar-refractivity contribution in [1.82, 2.24) is 0 Å². The lowest BCUT2D eigenvalue weighted by molar-refractivity contribution is -0.153. The number of anilines is 1. The van der Waals surface area contributed by atoms with Crippen molar-refractivity contribution in [3.63, 3.8) is 0 Å². The number of nitrogens with one attached hydrogen (secondary N) is 1. The Morgan fingerprint density at radius 1 is 1.35 bits per heavy atom. The summed E-state index contributed by atoms with van der Waals surface area (Å²) >= 11 is 0. The van der Waals surface area contributed by atoms with E-state index in [1.54, 1.807) is 6.07 Å². The van der Waals surface area contributed by atoms with Crippen molar-refractivity contribution in [1.29, 1.82) is 0 Å². The summed E-state index contributed by atoms with van der Waals surface area (Å²) in [6.07, 6.45) is -1.12. The van der Waals surface area contributed by atoms with E-state index < -0.39 is 18.3 Å². The van der Waals surface area contributed by atoms with Gasteiger partial charge in [0.2, 0.25) is 5.91 Å². The summed E-state index contributed by atoms with van der Waals surface area (Å²) in [5.41, 5.74) is 5.96. The molecule has 1 fully saturated rings. The van der Waals surface area contributed by atoms with Crippen molar-refractivity contribution in [3.05, 3.63) is 18.2 Å². The third-order valence-electron chi connectivity index (χ3n) is 4.39. The molecule has 1 amide bonds. The maximum atomic E-state index is 12.5. The van der Waals surface area contributed by atoms with Crippen LogP contribution in [0.2, 0.25) is 0 Å². The molecule has 5 nitrogen and oxygen atoms in total. The van der Waals surface area contributed by atoms with Crippen molar-refractivity contribution >= 4 is 24.0 Å². The molecule has 1 aliphatic rings. The Morgan fingerprint density at radius 2 is 2.04 bits per heavy atom. The number of carbonyl (C=O) groups excluding carboxylic acids is 1. The van der Waals surface area contributed by atoms with Gasteiger partial charge in [-0.15, -0.1) is 12.4 Å². The summed E-state index contributed by atoms with van der Waals surface area (Å²) in [6, 6.07) is 4.32. The molecule has 3 N–H and O–H groups in total. The molecule has 0 saturated heterocycles. The Balaban J connectivity index is 0.00000338. The fraction of sp³-hybridized carbons (Fsp3) is 0.588. The lowest BCUT2D eigenvalue weighted by Crippen LogP contribution is -2.51. The molecule has 0 bridgehead atoms. The monoisotopic (exact) mass is 396 g/mol. The Bertz CT molecular complexity index is 624. The molecular formula is C17H24ClF3N2O3. The first-order valence-corrected chi connectivity index (χ1v) is 8.10. The van der Waals surface area contributed by atoms with Gasteiger partial charge in [0.15, 0.2) is 18.1 Å². The highest BCUT2D eigenvalue weighted by Gasteiger charge is 2.37. The number of methoxy groups -OCH3 is 1. The van der Waals surface area contributed by atoms with Gasteiger partial charge in [0, 0.05) is 17.3 Å². The zero-order chi connectivity index (χ0) is 18.7. The van der Waals surface area contributed by atoms with Gasteiger partial charge in [-0.25, -0.2) is 0 Å². The SMILES string of the molecule is COc1ccc(NC(=O)C2CCCCC2(C)N)cc1OCC(F)(F)F.Cl. The number of hydrogen-bond donors (Lipinski definition) is 2. The molecule has 1 aromatic carbocycles. The van der Waals surface area contributed by atoms with Crippen molar-refractivity contribution in [2.45, 2.75) is 44.3 Å². The molecule has 1 aliphatic carbocycles. The van der Waals surface area contributed by atoms with Gasteiger partial charge >= 0.3 is 6.18 Å². The van der Waals surface area contributed by atoms with Crippen LogP contribution >= 0.6 is 12.4 Å². The van der Waals surface area contributed by atoms with Crippen LogP contribution < -0.4 is 20.5 Å². The van der Waals surface area contributed by atoms with Crippen molar-refractivity contribution < 1.29 is 27.4 Å². The number of carbonyl (C=O) groups is 1. The van der Waals surface area contributed by atoms with E-state index in [1.807, 2.05) is 6.92 Å². The minimum atomic E-state index is -4.46. The second-order valence-electron chi connectivity index (χ2n) is 6.56. The molecule has 148 valence electrons.